The number of hydrogen-bond donors (Lipinski definition) is 2. The van der Waals surface area contributed by atoms with Gasteiger partial charge in [0.2, 0.25) is 0 Å². The van der Waals surface area contributed by atoms with Gasteiger partial charge in [0.25, 0.3) is 0 Å². The number of imidazole rings is 1. The first-order valence-electron chi connectivity index (χ1n) is 2.77. The van der Waals surface area contributed by atoms with Gasteiger partial charge in [-0.1, -0.05) is 0 Å². The molecule has 1 radical (unpaired) electrons. The molecule has 0 aliphatic heterocycles. The van der Waals surface area contributed by atoms with E-state index in [9.17, 15) is 0 Å². The molecule has 0 aliphatic rings. The van der Waals surface area contributed by atoms with Crippen molar-refractivity contribution in [1.29, 1.82) is 0 Å². The van der Waals surface area contributed by atoms with E-state index in [1.54, 1.807) is 0 Å². The molecule has 0 unspecified atom stereocenters. The van der Waals surface area contributed by atoms with Crippen LogP contribution < -0.4 is 5.73 Å². The van der Waals surface area contributed by atoms with E-state index in [4.69, 9.17) is 5.73 Å². The molecule has 0 amide bonds. The number of hydrogen-bond acceptors (Lipinski definition) is 4. The number of rotatable bonds is 0. The van der Waals surface area contributed by atoms with Crippen LogP contribution in [0.15, 0.2) is 12.7 Å². The van der Waals surface area contributed by atoms with Crippen LogP contribution in [0.25, 0.3) is 11.2 Å². The fourth-order valence-electron chi connectivity index (χ4n) is 0.784. The number of H-pyrrole nitrogens is 1. The van der Waals surface area contributed by atoms with E-state index in [2.05, 4.69) is 19.9 Å². The van der Waals surface area contributed by atoms with Gasteiger partial charge in [0.15, 0.2) is 11.5 Å². The third kappa shape index (κ3) is 1.35. The number of fused-ring (bicyclic) bond motifs is 1. The summed E-state index contributed by atoms with van der Waals surface area (Å²) in [6.07, 6.45) is 2.92. The Morgan fingerprint density at radius 2 is 2.09 bits per heavy atom. The number of aromatic amines is 1. The summed E-state index contributed by atoms with van der Waals surface area (Å²) in [5, 5.41) is 0. The van der Waals surface area contributed by atoms with Crippen LogP contribution >= 0.6 is 0 Å². The molecule has 2 aromatic rings. The average molecular weight is 158 g/mol. The average Bonchev–Trinajstić information content (AvgIpc) is 2.36. The van der Waals surface area contributed by atoms with E-state index in [-0.39, 0.29) is 29.6 Å². The molecule has 11 heavy (non-hydrogen) atoms. The van der Waals surface area contributed by atoms with Crippen LogP contribution in [-0.2, 0) is 0 Å². The first-order chi connectivity index (χ1) is 4.88. The van der Waals surface area contributed by atoms with E-state index in [1.807, 2.05) is 0 Å². The maximum atomic E-state index is 5.48. The molecule has 0 atom stereocenters. The molecule has 0 aliphatic carbocycles. The minimum Gasteiger partial charge on any atom is -0.382 e. The maximum absolute atomic E-state index is 5.48. The van der Waals surface area contributed by atoms with Crippen LogP contribution in [0.5, 0.6) is 0 Å². The standard InChI is InChI=1S/C5H5N5.Na/c6-4-3-5(9-1-7-3)10-2-8-4;/h1-2H,(H3,6,7,8,9,10);. The SMILES string of the molecule is Nc1ncnc2nc[nH]c12.[Na]. The molecule has 0 fully saturated rings. The quantitative estimate of drug-likeness (QED) is 0.509. The Morgan fingerprint density at radius 1 is 1.27 bits per heavy atom. The van der Waals surface area contributed by atoms with Crippen LogP contribution in [0.2, 0.25) is 0 Å². The summed E-state index contributed by atoms with van der Waals surface area (Å²) in [7, 11) is 0. The Bertz CT molecular complexity index is 356. The van der Waals surface area contributed by atoms with Crippen molar-refractivity contribution >= 4 is 46.5 Å². The Labute approximate surface area is 84.7 Å². The third-order valence-corrected chi connectivity index (χ3v) is 1.25. The molecule has 0 bridgehead atoms. The Kier molecular flexibility index (Phi) is 2.43. The number of nitrogens with zero attached hydrogens (tertiary/aromatic N) is 3. The van der Waals surface area contributed by atoms with Gasteiger partial charge in [0.05, 0.1) is 6.33 Å². The summed E-state index contributed by atoms with van der Waals surface area (Å²) in [6.45, 7) is 0. The number of nitrogens with two attached hydrogens (primary N) is 1. The zero-order chi connectivity index (χ0) is 6.97. The van der Waals surface area contributed by atoms with Gasteiger partial charge in [0.1, 0.15) is 11.8 Å². The topological polar surface area (TPSA) is 80.5 Å². The van der Waals surface area contributed by atoms with Crippen molar-refractivity contribution in [1.82, 2.24) is 19.9 Å². The fraction of sp³-hybridized carbons (Fsp3) is 0. The van der Waals surface area contributed by atoms with Gasteiger partial charge in [-0.2, -0.15) is 0 Å². The van der Waals surface area contributed by atoms with Crippen LogP contribution in [-0.4, -0.2) is 49.5 Å². The summed E-state index contributed by atoms with van der Waals surface area (Å²) in [6, 6.07) is 0. The van der Waals surface area contributed by atoms with Gasteiger partial charge < -0.3 is 10.7 Å². The predicted octanol–water partition coefficient (Wildman–Crippen LogP) is -0.446. The third-order valence-electron chi connectivity index (χ3n) is 1.25. The Morgan fingerprint density at radius 3 is 2.82 bits per heavy atom. The van der Waals surface area contributed by atoms with Crippen LogP contribution in [0, 0.1) is 0 Å². The van der Waals surface area contributed by atoms with Gasteiger partial charge >= 0.3 is 0 Å². The number of anilines is 1. The minimum atomic E-state index is 0. The van der Waals surface area contributed by atoms with Gasteiger partial charge in [-0.05, 0) is 0 Å². The van der Waals surface area contributed by atoms with Crippen molar-refractivity contribution in [3.05, 3.63) is 12.7 Å². The van der Waals surface area contributed by atoms with Crippen LogP contribution in [0.3, 0.4) is 0 Å². The molecule has 0 saturated carbocycles. The first kappa shape index (κ1) is 8.45. The second-order valence-electron chi connectivity index (χ2n) is 1.86. The zero-order valence-electron chi connectivity index (χ0n) is 6.07. The molecule has 2 rings (SSSR count). The summed E-state index contributed by atoms with van der Waals surface area (Å²) in [5.74, 6) is 0.433. The first-order valence-corrected chi connectivity index (χ1v) is 2.77. The minimum absolute atomic E-state index is 0. The van der Waals surface area contributed by atoms with Gasteiger partial charge in [-0.25, -0.2) is 15.0 Å². The largest absolute Gasteiger partial charge is 0.382 e. The van der Waals surface area contributed by atoms with Crippen LogP contribution in [0.1, 0.15) is 0 Å². The molecule has 3 N–H and O–H groups in total. The summed E-state index contributed by atoms with van der Waals surface area (Å²) in [5.41, 5.74) is 6.78. The van der Waals surface area contributed by atoms with Gasteiger partial charge in [0, 0.05) is 29.6 Å². The maximum Gasteiger partial charge on any atom is 0.182 e. The molecule has 0 saturated heterocycles. The Balaban J connectivity index is 0.000000605. The van der Waals surface area contributed by atoms with Crippen molar-refractivity contribution in [3.8, 4) is 0 Å². The predicted molar refractivity (Wildman–Crippen MR) is 41.9 cm³/mol. The van der Waals surface area contributed by atoms with Crippen molar-refractivity contribution < 1.29 is 0 Å². The van der Waals surface area contributed by atoms with E-state index in [0.717, 1.165) is 0 Å². The molecule has 0 aromatic carbocycles. The second kappa shape index (κ2) is 3.17. The van der Waals surface area contributed by atoms with Crippen molar-refractivity contribution in [2.45, 2.75) is 0 Å². The second-order valence-corrected chi connectivity index (χ2v) is 1.86. The zero-order valence-corrected chi connectivity index (χ0v) is 8.07. The molecule has 2 aromatic heterocycles. The number of aromatic nitrogens is 4. The van der Waals surface area contributed by atoms with E-state index in [0.29, 0.717) is 17.0 Å². The number of nitrogens with one attached hydrogen (secondary N) is 1. The number of nitrogen functional groups attached to an aromatic ring is 1. The molecule has 51 valence electrons. The van der Waals surface area contributed by atoms with Crippen molar-refractivity contribution in [3.63, 3.8) is 0 Å². The molecule has 5 nitrogen and oxygen atoms in total. The summed E-state index contributed by atoms with van der Waals surface area (Å²) >= 11 is 0. The molecule has 2 heterocycles. The molecular weight excluding hydrogens is 153 g/mol. The molecule has 0 spiro atoms. The smallest absolute Gasteiger partial charge is 0.182 e. The monoisotopic (exact) mass is 158 g/mol. The van der Waals surface area contributed by atoms with Crippen molar-refractivity contribution in [2.75, 3.05) is 5.73 Å². The van der Waals surface area contributed by atoms with E-state index < -0.39 is 0 Å². The van der Waals surface area contributed by atoms with Crippen LogP contribution in [0.4, 0.5) is 5.82 Å². The Hall–Kier alpha value is -0.650. The van der Waals surface area contributed by atoms with Gasteiger partial charge in [-0.3, -0.25) is 0 Å². The van der Waals surface area contributed by atoms with Crippen molar-refractivity contribution in [2.24, 2.45) is 0 Å². The normalized spacial score (nSPS) is 9.45. The molecular formula is C5H5N5Na. The fourth-order valence-corrected chi connectivity index (χ4v) is 0.784. The van der Waals surface area contributed by atoms with E-state index >= 15 is 0 Å². The molecule has 6 heteroatoms. The van der Waals surface area contributed by atoms with Gasteiger partial charge in [-0.15, -0.1) is 0 Å². The van der Waals surface area contributed by atoms with E-state index in [1.165, 1.54) is 12.7 Å². The summed E-state index contributed by atoms with van der Waals surface area (Å²) in [4.78, 5) is 14.4. The summed E-state index contributed by atoms with van der Waals surface area (Å²) < 4.78 is 0.